The Bertz CT molecular complexity index is 297. The van der Waals surface area contributed by atoms with Crippen LogP contribution in [0.2, 0.25) is 0 Å². The summed E-state index contributed by atoms with van der Waals surface area (Å²) in [6, 6.07) is 0.307. The van der Waals surface area contributed by atoms with E-state index in [2.05, 4.69) is 20.6 Å². The third-order valence-electron chi connectivity index (χ3n) is 1.65. The number of nitrogen functional groups attached to an aromatic ring is 1. The lowest BCUT2D eigenvalue weighted by atomic mass is 10.3. The van der Waals surface area contributed by atoms with E-state index in [1.54, 1.807) is 0 Å². The molecule has 1 aromatic rings. The number of anilines is 3. The fraction of sp³-hybridized carbons (Fsp3) is 0.556. The van der Waals surface area contributed by atoms with Crippen molar-refractivity contribution in [1.29, 1.82) is 0 Å². The Balaban J connectivity index is 2.89. The summed E-state index contributed by atoms with van der Waals surface area (Å²) in [7, 11) is 0. The highest BCUT2D eigenvalue weighted by Crippen LogP contribution is 2.22. The van der Waals surface area contributed by atoms with Gasteiger partial charge in [0.25, 0.3) is 0 Å². The SMILES string of the molecule is CCNc1ncnc(NC(C)C)c1N. The number of hydrogen-bond donors (Lipinski definition) is 3. The Morgan fingerprint density at radius 3 is 2.57 bits per heavy atom. The molecule has 1 aromatic heterocycles. The molecule has 0 radical (unpaired) electrons. The van der Waals surface area contributed by atoms with Crippen molar-refractivity contribution in [2.75, 3.05) is 22.9 Å². The summed E-state index contributed by atoms with van der Waals surface area (Å²) in [5.41, 5.74) is 6.44. The molecule has 0 unspecified atom stereocenters. The van der Waals surface area contributed by atoms with E-state index in [0.29, 0.717) is 23.4 Å². The molecule has 5 nitrogen and oxygen atoms in total. The van der Waals surface area contributed by atoms with Gasteiger partial charge in [-0.05, 0) is 20.8 Å². The highest BCUT2D eigenvalue weighted by atomic mass is 15.1. The molecule has 4 N–H and O–H groups in total. The van der Waals surface area contributed by atoms with E-state index in [4.69, 9.17) is 5.73 Å². The zero-order valence-electron chi connectivity index (χ0n) is 8.83. The Kier molecular flexibility index (Phi) is 3.50. The lowest BCUT2D eigenvalue weighted by Gasteiger charge is -2.13. The number of hydrogen-bond acceptors (Lipinski definition) is 5. The molecule has 0 saturated heterocycles. The van der Waals surface area contributed by atoms with Crippen LogP contribution >= 0.6 is 0 Å². The first-order chi connectivity index (χ1) is 6.65. The Morgan fingerprint density at radius 1 is 1.36 bits per heavy atom. The molecule has 0 aliphatic rings. The van der Waals surface area contributed by atoms with Crippen LogP contribution in [0.3, 0.4) is 0 Å². The minimum Gasteiger partial charge on any atom is -0.393 e. The molecular formula is C9H17N5. The number of rotatable bonds is 4. The first-order valence-electron chi connectivity index (χ1n) is 4.76. The predicted octanol–water partition coefficient (Wildman–Crippen LogP) is 1.31. The minimum absolute atomic E-state index is 0.307. The van der Waals surface area contributed by atoms with Crippen molar-refractivity contribution in [3.8, 4) is 0 Å². The van der Waals surface area contributed by atoms with E-state index in [-0.39, 0.29) is 0 Å². The molecule has 0 bridgehead atoms. The van der Waals surface area contributed by atoms with Crippen LogP contribution in [0.15, 0.2) is 6.33 Å². The van der Waals surface area contributed by atoms with Crippen molar-refractivity contribution in [2.24, 2.45) is 0 Å². The topological polar surface area (TPSA) is 75.9 Å². The lowest BCUT2D eigenvalue weighted by Crippen LogP contribution is -2.14. The van der Waals surface area contributed by atoms with Crippen molar-refractivity contribution >= 4 is 17.3 Å². The summed E-state index contributed by atoms with van der Waals surface area (Å²) in [4.78, 5) is 8.12. The normalized spacial score (nSPS) is 10.3. The molecule has 0 fully saturated rings. The molecule has 0 amide bonds. The van der Waals surface area contributed by atoms with Crippen molar-refractivity contribution in [3.63, 3.8) is 0 Å². The number of nitrogens with two attached hydrogens (primary N) is 1. The average Bonchev–Trinajstić information content (AvgIpc) is 2.11. The molecule has 1 heterocycles. The monoisotopic (exact) mass is 195 g/mol. The molecule has 0 atom stereocenters. The summed E-state index contributed by atoms with van der Waals surface area (Å²) in [5, 5.41) is 6.23. The van der Waals surface area contributed by atoms with E-state index >= 15 is 0 Å². The largest absolute Gasteiger partial charge is 0.393 e. The minimum atomic E-state index is 0.307. The van der Waals surface area contributed by atoms with Crippen LogP contribution in [-0.4, -0.2) is 22.6 Å². The maximum Gasteiger partial charge on any atom is 0.155 e. The number of nitrogens with zero attached hydrogens (tertiary/aromatic N) is 2. The second kappa shape index (κ2) is 4.64. The molecule has 14 heavy (non-hydrogen) atoms. The number of aromatic nitrogens is 2. The third kappa shape index (κ3) is 2.48. The maximum absolute atomic E-state index is 5.87. The average molecular weight is 195 g/mol. The van der Waals surface area contributed by atoms with Gasteiger partial charge < -0.3 is 16.4 Å². The standard InChI is InChI=1S/C9H17N5/c1-4-11-8-7(10)9(13-5-12-8)14-6(2)3/h5-6H,4,10H2,1-3H3,(H2,11,12,13,14). The summed E-state index contributed by atoms with van der Waals surface area (Å²) >= 11 is 0. The first-order valence-corrected chi connectivity index (χ1v) is 4.76. The van der Waals surface area contributed by atoms with Gasteiger partial charge in [-0.15, -0.1) is 0 Å². The zero-order chi connectivity index (χ0) is 10.6. The van der Waals surface area contributed by atoms with Gasteiger partial charge in [-0.3, -0.25) is 0 Å². The van der Waals surface area contributed by atoms with Crippen molar-refractivity contribution < 1.29 is 0 Å². The quantitative estimate of drug-likeness (QED) is 0.675. The van der Waals surface area contributed by atoms with Gasteiger partial charge in [0.05, 0.1) is 0 Å². The van der Waals surface area contributed by atoms with E-state index in [9.17, 15) is 0 Å². The smallest absolute Gasteiger partial charge is 0.155 e. The Labute approximate surface area is 84.1 Å². The maximum atomic E-state index is 5.87. The van der Waals surface area contributed by atoms with Gasteiger partial charge in [0, 0.05) is 12.6 Å². The van der Waals surface area contributed by atoms with Crippen LogP contribution in [0.1, 0.15) is 20.8 Å². The van der Waals surface area contributed by atoms with Gasteiger partial charge in [-0.25, -0.2) is 9.97 Å². The van der Waals surface area contributed by atoms with Crippen molar-refractivity contribution in [1.82, 2.24) is 9.97 Å². The lowest BCUT2D eigenvalue weighted by molar-refractivity contribution is 0.887. The molecule has 5 heteroatoms. The summed E-state index contributed by atoms with van der Waals surface area (Å²) in [6.45, 7) is 6.86. The second-order valence-electron chi connectivity index (χ2n) is 3.31. The molecule has 78 valence electrons. The first kappa shape index (κ1) is 10.6. The molecular weight excluding hydrogens is 178 g/mol. The van der Waals surface area contributed by atoms with Gasteiger partial charge in [-0.1, -0.05) is 0 Å². The van der Waals surface area contributed by atoms with Crippen molar-refractivity contribution in [3.05, 3.63) is 6.33 Å². The van der Waals surface area contributed by atoms with Gasteiger partial charge in [0.2, 0.25) is 0 Å². The van der Waals surface area contributed by atoms with Gasteiger partial charge in [-0.2, -0.15) is 0 Å². The fourth-order valence-corrected chi connectivity index (χ4v) is 1.09. The Morgan fingerprint density at radius 2 is 2.00 bits per heavy atom. The summed E-state index contributed by atoms with van der Waals surface area (Å²) in [5.74, 6) is 1.37. The van der Waals surface area contributed by atoms with Crippen molar-refractivity contribution in [2.45, 2.75) is 26.8 Å². The highest BCUT2D eigenvalue weighted by molar-refractivity contribution is 5.74. The van der Waals surface area contributed by atoms with E-state index in [0.717, 1.165) is 6.54 Å². The molecule has 1 rings (SSSR count). The molecule has 0 aliphatic heterocycles. The summed E-state index contributed by atoms with van der Waals surface area (Å²) < 4.78 is 0. The third-order valence-corrected chi connectivity index (χ3v) is 1.65. The molecule has 0 aromatic carbocycles. The van der Waals surface area contributed by atoms with Crippen LogP contribution in [0, 0.1) is 0 Å². The van der Waals surface area contributed by atoms with E-state index < -0.39 is 0 Å². The van der Waals surface area contributed by atoms with Crippen LogP contribution in [0.4, 0.5) is 17.3 Å². The van der Waals surface area contributed by atoms with Crippen LogP contribution in [-0.2, 0) is 0 Å². The predicted molar refractivity (Wildman–Crippen MR) is 59.4 cm³/mol. The second-order valence-corrected chi connectivity index (χ2v) is 3.31. The molecule has 0 aliphatic carbocycles. The Hall–Kier alpha value is -1.52. The molecule has 0 saturated carbocycles. The van der Waals surface area contributed by atoms with Crippen LogP contribution < -0.4 is 16.4 Å². The van der Waals surface area contributed by atoms with Crippen LogP contribution in [0.25, 0.3) is 0 Å². The van der Waals surface area contributed by atoms with E-state index in [1.165, 1.54) is 6.33 Å². The fourth-order valence-electron chi connectivity index (χ4n) is 1.09. The van der Waals surface area contributed by atoms with Gasteiger partial charge in [0.1, 0.15) is 12.0 Å². The van der Waals surface area contributed by atoms with E-state index in [1.807, 2.05) is 20.8 Å². The number of nitrogens with one attached hydrogen (secondary N) is 2. The molecule has 0 spiro atoms. The summed E-state index contributed by atoms with van der Waals surface area (Å²) in [6.07, 6.45) is 1.50. The van der Waals surface area contributed by atoms with Gasteiger partial charge in [0.15, 0.2) is 11.6 Å². The van der Waals surface area contributed by atoms with Crippen LogP contribution in [0.5, 0.6) is 0 Å². The zero-order valence-corrected chi connectivity index (χ0v) is 8.83. The highest BCUT2D eigenvalue weighted by Gasteiger charge is 2.07. The van der Waals surface area contributed by atoms with Gasteiger partial charge >= 0.3 is 0 Å².